The van der Waals surface area contributed by atoms with Gasteiger partial charge in [-0.1, -0.05) is 46.0 Å². The second-order valence-electron chi connectivity index (χ2n) is 8.86. The molecule has 8 nitrogen and oxygen atoms in total. The van der Waals surface area contributed by atoms with Gasteiger partial charge in [-0.25, -0.2) is 4.98 Å². The molecule has 0 saturated carbocycles. The van der Waals surface area contributed by atoms with E-state index in [2.05, 4.69) is 10.1 Å². The van der Waals surface area contributed by atoms with Crippen LogP contribution in [0.1, 0.15) is 29.3 Å². The molecule has 1 unspecified atom stereocenters. The van der Waals surface area contributed by atoms with E-state index in [-0.39, 0.29) is 0 Å². The van der Waals surface area contributed by atoms with Crippen molar-refractivity contribution in [1.82, 2.24) is 14.5 Å². The maximum Gasteiger partial charge on any atom is 0.417 e. The first-order valence-corrected chi connectivity index (χ1v) is 13.6. The normalized spacial score (nSPS) is 17.8. The van der Waals surface area contributed by atoms with Crippen LogP contribution in [0.4, 0.5) is 18.3 Å². The molecule has 2 aromatic heterocycles. The minimum absolute atomic E-state index is 0.312. The molecule has 3 aromatic rings. The lowest BCUT2D eigenvalue weighted by molar-refractivity contribution is -0.138. The van der Waals surface area contributed by atoms with Crippen molar-refractivity contribution >= 4 is 62.9 Å². The number of amides is 1. The van der Waals surface area contributed by atoms with Crippen LogP contribution in [0.3, 0.4) is 0 Å². The number of carbonyl (C=O) groups is 1. The van der Waals surface area contributed by atoms with Gasteiger partial charge in [0.05, 0.1) is 5.56 Å². The number of anilines is 1. The fourth-order valence-electron chi connectivity index (χ4n) is 4.31. The molecule has 39 heavy (non-hydrogen) atoms. The van der Waals surface area contributed by atoms with Crippen LogP contribution < -0.4 is 10.5 Å². The van der Waals surface area contributed by atoms with Crippen LogP contribution >= 0.6 is 46.1 Å². The number of rotatable bonds is 5. The molecular formula is C24H19Cl3F3N5O3S. The first-order valence-electron chi connectivity index (χ1n) is 11.6. The molecule has 0 aliphatic carbocycles. The molecule has 1 atom stereocenters. The molecule has 1 aromatic carbocycles. The number of carbonyl (C=O) groups excluding carboxylic acids is 1. The SMILES string of the molecule is O=C(Cn1cc(C(F)(F)F)cc(Cl)c1=O)N1CCN(c2nc(C3=NOC(c4c(Cl)cccc4Cl)C3)cs2)CC1. The Hall–Kier alpha value is -2.80. The third-order valence-electron chi connectivity index (χ3n) is 6.36. The van der Waals surface area contributed by atoms with Crippen molar-refractivity contribution in [2.24, 2.45) is 5.16 Å². The largest absolute Gasteiger partial charge is 0.417 e. The average Bonchev–Trinajstić information content (AvgIpc) is 3.56. The van der Waals surface area contributed by atoms with Gasteiger partial charge in [0.1, 0.15) is 23.0 Å². The van der Waals surface area contributed by atoms with E-state index in [4.69, 9.17) is 39.6 Å². The number of hydrogen-bond donors (Lipinski definition) is 0. The van der Waals surface area contributed by atoms with Gasteiger partial charge in [0, 0.05) is 59.8 Å². The predicted octanol–water partition coefficient (Wildman–Crippen LogP) is 5.50. The highest BCUT2D eigenvalue weighted by Crippen LogP contribution is 2.38. The highest BCUT2D eigenvalue weighted by atomic mass is 35.5. The zero-order valence-electron chi connectivity index (χ0n) is 19.9. The Morgan fingerprint density at radius 3 is 2.46 bits per heavy atom. The Labute approximate surface area is 239 Å². The topological polar surface area (TPSA) is 80.0 Å². The summed E-state index contributed by atoms with van der Waals surface area (Å²) >= 11 is 19.7. The first-order chi connectivity index (χ1) is 18.5. The number of halogens is 6. The second-order valence-corrected chi connectivity index (χ2v) is 10.9. The summed E-state index contributed by atoms with van der Waals surface area (Å²) in [5.41, 5.74) is 0.0515. The average molecular weight is 621 g/mol. The number of thiazole rings is 1. The highest BCUT2D eigenvalue weighted by molar-refractivity contribution is 7.14. The van der Waals surface area contributed by atoms with E-state index in [1.807, 2.05) is 10.3 Å². The van der Waals surface area contributed by atoms with Gasteiger partial charge < -0.3 is 19.2 Å². The Bertz CT molecular complexity index is 1480. The molecule has 2 aliphatic rings. The summed E-state index contributed by atoms with van der Waals surface area (Å²) in [6.45, 7) is 0.995. The quantitative estimate of drug-likeness (QED) is 0.377. The molecule has 0 bridgehead atoms. The van der Waals surface area contributed by atoms with E-state index in [0.29, 0.717) is 76.4 Å². The van der Waals surface area contributed by atoms with Crippen LogP contribution in [-0.4, -0.2) is 52.2 Å². The van der Waals surface area contributed by atoms with E-state index < -0.39 is 40.9 Å². The number of alkyl halides is 3. The summed E-state index contributed by atoms with van der Waals surface area (Å²) in [6.07, 6.45) is -4.05. The first kappa shape index (κ1) is 27.8. The molecule has 5 rings (SSSR count). The Kier molecular flexibility index (Phi) is 7.82. The molecule has 1 saturated heterocycles. The molecule has 4 heterocycles. The van der Waals surface area contributed by atoms with E-state index >= 15 is 0 Å². The number of aromatic nitrogens is 2. The standard InChI is InChI=1S/C24H19Cl3F3N5O3S/c25-14-2-1-3-15(26)21(14)19-9-17(32-38-19)18-12-39-23(31-18)34-6-4-33(5-7-34)20(36)11-35-10-13(24(28,29)30)8-16(27)22(35)37/h1-3,8,10,12,19H,4-7,9,11H2. The van der Waals surface area contributed by atoms with Crippen molar-refractivity contribution < 1.29 is 22.8 Å². The van der Waals surface area contributed by atoms with Crippen molar-refractivity contribution in [2.75, 3.05) is 31.1 Å². The van der Waals surface area contributed by atoms with Crippen LogP contribution in [-0.2, 0) is 22.4 Å². The van der Waals surface area contributed by atoms with Gasteiger partial charge in [0.15, 0.2) is 11.2 Å². The fourth-order valence-corrected chi connectivity index (χ4v) is 6.06. The van der Waals surface area contributed by atoms with Crippen molar-refractivity contribution in [3.8, 4) is 0 Å². The van der Waals surface area contributed by atoms with Crippen LogP contribution in [0, 0.1) is 0 Å². The monoisotopic (exact) mass is 619 g/mol. The van der Waals surface area contributed by atoms with Crippen molar-refractivity contribution in [3.05, 3.63) is 78.1 Å². The molecule has 1 amide bonds. The second kappa shape index (κ2) is 11.0. The van der Waals surface area contributed by atoms with E-state index in [0.717, 1.165) is 5.13 Å². The van der Waals surface area contributed by atoms with Crippen molar-refractivity contribution in [1.29, 1.82) is 0 Å². The highest BCUT2D eigenvalue weighted by Gasteiger charge is 2.33. The maximum atomic E-state index is 13.1. The van der Waals surface area contributed by atoms with Crippen molar-refractivity contribution in [3.63, 3.8) is 0 Å². The summed E-state index contributed by atoms with van der Waals surface area (Å²) < 4.78 is 40.0. The Morgan fingerprint density at radius 1 is 1.10 bits per heavy atom. The maximum absolute atomic E-state index is 13.1. The third-order valence-corrected chi connectivity index (χ3v) is 8.19. The molecule has 1 fully saturated rings. The Morgan fingerprint density at radius 2 is 1.79 bits per heavy atom. The smallest absolute Gasteiger partial charge is 0.387 e. The molecular weight excluding hydrogens is 602 g/mol. The fraction of sp³-hybridized carbons (Fsp3) is 0.333. The summed E-state index contributed by atoms with van der Waals surface area (Å²) in [7, 11) is 0. The summed E-state index contributed by atoms with van der Waals surface area (Å²) in [4.78, 5) is 38.7. The zero-order valence-corrected chi connectivity index (χ0v) is 23.0. The van der Waals surface area contributed by atoms with Gasteiger partial charge in [0.2, 0.25) is 5.91 Å². The lowest BCUT2D eigenvalue weighted by atomic mass is 10.0. The number of hydrogen-bond acceptors (Lipinski definition) is 7. The lowest BCUT2D eigenvalue weighted by Crippen LogP contribution is -2.50. The number of nitrogens with zero attached hydrogens (tertiary/aromatic N) is 5. The predicted molar refractivity (Wildman–Crippen MR) is 143 cm³/mol. The summed E-state index contributed by atoms with van der Waals surface area (Å²) in [5, 5.41) is 7.18. The number of oxime groups is 1. The van der Waals surface area contributed by atoms with E-state index in [9.17, 15) is 22.8 Å². The molecule has 0 radical (unpaired) electrons. The number of benzene rings is 1. The van der Waals surface area contributed by atoms with E-state index in [1.54, 1.807) is 18.2 Å². The van der Waals surface area contributed by atoms with Crippen LogP contribution in [0.25, 0.3) is 0 Å². The van der Waals surface area contributed by atoms with Crippen molar-refractivity contribution in [2.45, 2.75) is 25.2 Å². The van der Waals surface area contributed by atoms with Crippen LogP contribution in [0.5, 0.6) is 0 Å². The van der Waals surface area contributed by atoms with Gasteiger partial charge in [-0.3, -0.25) is 9.59 Å². The van der Waals surface area contributed by atoms with Crippen LogP contribution in [0.15, 0.2) is 45.8 Å². The Balaban J connectivity index is 1.19. The molecule has 2 aliphatic heterocycles. The molecule has 206 valence electrons. The van der Waals surface area contributed by atoms with Gasteiger partial charge in [-0.15, -0.1) is 11.3 Å². The van der Waals surface area contributed by atoms with Gasteiger partial charge in [0.25, 0.3) is 5.56 Å². The zero-order chi connectivity index (χ0) is 27.9. The van der Waals surface area contributed by atoms with Crippen LogP contribution in [0.2, 0.25) is 15.1 Å². The summed E-state index contributed by atoms with van der Waals surface area (Å²) in [6, 6.07) is 5.79. The minimum atomic E-state index is -4.70. The lowest BCUT2D eigenvalue weighted by Gasteiger charge is -2.34. The van der Waals surface area contributed by atoms with Gasteiger partial charge >= 0.3 is 6.18 Å². The van der Waals surface area contributed by atoms with Gasteiger partial charge in [-0.05, 0) is 18.2 Å². The van der Waals surface area contributed by atoms with Gasteiger partial charge in [-0.2, -0.15) is 13.2 Å². The number of piperazine rings is 1. The van der Waals surface area contributed by atoms with E-state index in [1.165, 1.54) is 16.2 Å². The number of pyridine rings is 1. The third kappa shape index (κ3) is 5.88. The molecule has 0 spiro atoms. The minimum Gasteiger partial charge on any atom is -0.387 e. The molecule has 15 heteroatoms. The summed E-state index contributed by atoms with van der Waals surface area (Å²) in [5.74, 6) is -0.478. The molecule has 0 N–H and O–H groups in total.